The number of nitrogens with zero attached hydrogens (tertiary/aromatic N) is 1. The van der Waals surface area contributed by atoms with Crippen molar-refractivity contribution >= 4 is 5.91 Å². The van der Waals surface area contributed by atoms with E-state index < -0.39 is 0 Å². The first-order valence-corrected chi connectivity index (χ1v) is 7.49. The molecular formula is C18H18FNO2. The van der Waals surface area contributed by atoms with Crippen molar-refractivity contribution in [2.75, 3.05) is 19.7 Å². The first-order chi connectivity index (χ1) is 10.7. The van der Waals surface area contributed by atoms with Crippen LogP contribution in [0.3, 0.4) is 0 Å². The average molecular weight is 299 g/mol. The molecule has 0 unspecified atom stereocenters. The standard InChI is InChI=1S/C18H18FNO2/c19-16-6-2-14(3-7-16)10-13-22-17-8-4-15(5-9-17)18(21)20-11-1-12-20/h2-9H,1,10-13H2. The molecule has 0 saturated carbocycles. The molecule has 114 valence electrons. The lowest BCUT2D eigenvalue weighted by atomic mass is 10.1. The Morgan fingerprint density at radius 1 is 1.05 bits per heavy atom. The molecular weight excluding hydrogens is 281 g/mol. The Balaban J connectivity index is 1.50. The van der Waals surface area contributed by atoms with Gasteiger partial charge in [0, 0.05) is 25.1 Å². The lowest BCUT2D eigenvalue weighted by Gasteiger charge is -2.30. The second-order valence-corrected chi connectivity index (χ2v) is 5.40. The van der Waals surface area contributed by atoms with Gasteiger partial charge in [0.15, 0.2) is 0 Å². The van der Waals surface area contributed by atoms with Crippen molar-refractivity contribution in [2.24, 2.45) is 0 Å². The SMILES string of the molecule is O=C(c1ccc(OCCc2ccc(F)cc2)cc1)N1CCC1. The van der Waals surface area contributed by atoms with Gasteiger partial charge < -0.3 is 9.64 Å². The lowest BCUT2D eigenvalue weighted by Crippen LogP contribution is -2.41. The summed E-state index contributed by atoms with van der Waals surface area (Å²) in [5.41, 5.74) is 1.73. The molecule has 0 spiro atoms. The number of carbonyl (C=O) groups is 1. The van der Waals surface area contributed by atoms with E-state index in [2.05, 4.69) is 0 Å². The molecule has 0 aliphatic carbocycles. The highest BCUT2D eigenvalue weighted by Gasteiger charge is 2.21. The Bertz CT molecular complexity index is 633. The number of ether oxygens (including phenoxy) is 1. The second-order valence-electron chi connectivity index (χ2n) is 5.40. The van der Waals surface area contributed by atoms with Gasteiger partial charge in [0.1, 0.15) is 11.6 Å². The van der Waals surface area contributed by atoms with Gasteiger partial charge in [-0.15, -0.1) is 0 Å². The molecule has 3 rings (SSSR count). The van der Waals surface area contributed by atoms with Gasteiger partial charge in [-0.25, -0.2) is 4.39 Å². The monoisotopic (exact) mass is 299 g/mol. The molecule has 3 nitrogen and oxygen atoms in total. The van der Waals surface area contributed by atoms with E-state index in [0.717, 1.165) is 37.2 Å². The van der Waals surface area contributed by atoms with Crippen LogP contribution in [-0.2, 0) is 6.42 Å². The number of likely N-dealkylation sites (tertiary alicyclic amines) is 1. The van der Waals surface area contributed by atoms with E-state index >= 15 is 0 Å². The van der Waals surface area contributed by atoms with E-state index in [0.29, 0.717) is 12.2 Å². The van der Waals surface area contributed by atoms with Crippen LogP contribution in [0.1, 0.15) is 22.3 Å². The van der Waals surface area contributed by atoms with E-state index in [-0.39, 0.29) is 11.7 Å². The summed E-state index contributed by atoms with van der Waals surface area (Å²) in [4.78, 5) is 13.9. The van der Waals surface area contributed by atoms with Gasteiger partial charge in [-0.1, -0.05) is 12.1 Å². The van der Waals surface area contributed by atoms with Crippen LogP contribution < -0.4 is 4.74 Å². The molecule has 1 amide bonds. The summed E-state index contributed by atoms with van der Waals surface area (Å²) in [5.74, 6) is 0.596. The van der Waals surface area contributed by atoms with Crippen molar-refractivity contribution in [2.45, 2.75) is 12.8 Å². The summed E-state index contributed by atoms with van der Waals surface area (Å²) in [7, 11) is 0. The van der Waals surface area contributed by atoms with Gasteiger partial charge in [-0.05, 0) is 48.4 Å². The third-order valence-electron chi connectivity index (χ3n) is 3.82. The van der Waals surface area contributed by atoms with Crippen molar-refractivity contribution in [3.05, 3.63) is 65.5 Å². The molecule has 1 fully saturated rings. The number of hydrogen-bond donors (Lipinski definition) is 0. The van der Waals surface area contributed by atoms with Gasteiger partial charge in [0.05, 0.1) is 6.61 Å². The molecule has 4 heteroatoms. The number of hydrogen-bond acceptors (Lipinski definition) is 2. The Labute approximate surface area is 129 Å². The molecule has 1 heterocycles. The largest absolute Gasteiger partial charge is 0.493 e. The highest BCUT2D eigenvalue weighted by molar-refractivity contribution is 5.94. The fraction of sp³-hybridized carbons (Fsp3) is 0.278. The molecule has 0 radical (unpaired) electrons. The minimum Gasteiger partial charge on any atom is -0.493 e. The van der Waals surface area contributed by atoms with Crippen molar-refractivity contribution in [3.8, 4) is 5.75 Å². The predicted octanol–water partition coefficient (Wildman–Crippen LogP) is 3.29. The zero-order valence-electron chi connectivity index (χ0n) is 12.3. The quantitative estimate of drug-likeness (QED) is 0.848. The van der Waals surface area contributed by atoms with Crippen LogP contribution in [0, 0.1) is 5.82 Å². The van der Waals surface area contributed by atoms with Gasteiger partial charge >= 0.3 is 0 Å². The number of halogens is 1. The summed E-state index contributed by atoms with van der Waals surface area (Å²) in [5, 5.41) is 0. The van der Waals surface area contributed by atoms with Gasteiger partial charge in [0.2, 0.25) is 0 Å². The van der Waals surface area contributed by atoms with Crippen molar-refractivity contribution in [1.29, 1.82) is 0 Å². The molecule has 0 N–H and O–H groups in total. The van der Waals surface area contributed by atoms with E-state index in [4.69, 9.17) is 4.74 Å². The average Bonchev–Trinajstić information content (AvgIpc) is 2.48. The van der Waals surface area contributed by atoms with E-state index in [9.17, 15) is 9.18 Å². The maximum Gasteiger partial charge on any atom is 0.253 e. The molecule has 1 aliphatic rings. The third-order valence-corrected chi connectivity index (χ3v) is 3.82. The summed E-state index contributed by atoms with van der Waals surface area (Å²) in [6.45, 7) is 2.23. The third kappa shape index (κ3) is 3.45. The van der Waals surface area contributed by atoms with Crippen LogP contribution in [0.15, 0.2) is 48.5 Å². The summed E-state index contributed by atoms with van der Waals surface area (Å²) in [6, 6.07) is 13.6. The number of benzene rings is 2. The van der Waals surface area contributed by atoms with Gasteiger partial charge in [0.25, 0.3) is 5.91 Å². The van der Waals surface area contributed by atoms with Crippen LogP contribution in [0.2, 0.25) is 0 Å². The van der Waals surface area contributed by atoms with Gasteiger partial charge in [-0.3, -0.25) is 4.79 Å². The molecule has 2 aromatic rings. The smallest absolute Gasteiger partial charge is 0.253 e. The molecule has 0 bridgehead atoms. The Hall–Kier alpha value is -2.36. The zero-order chi connectivity index (χ0) is 15.4. The predicted molar refractivity (Wildman–Crippen MR) is 82.6 cm³/mol. The normalized spacial score (nSPS) is 13.6. The minimum absolute atomic E-state index is 0.0871. The summed E-state index contributed by atoms with van der Waals surface area (Å²) >= 11 is 0. The fourth-order valence-electron chi connectivity index (χ4n) is 2.33. The topological polar surface area (TPSA) is 29.5 Å². The molecule has 0 atom stereocenters. The van der Waals surface area contributed by atoms with Crippen LogP contribution >= 0.6 is 0 Å². The highest BCUT2D eigenvalue weighted by atomic mass is 19.1. The van der Waals surface area contributed by atoms with Crippen molar-refractivity contribution < 1.29 is 13.9 Å². The Morgan fingerprint density at radius 3 is 2.32 bits per heavy atom. The molecule has 0 aromatic heterocycles. The van der Waals surface area contributed by atoms with Gasteiger partial charge in [-0.2, -0.15) is 0 Å². The van der Waals surface area contributed by atoms with E-state index in [1.807, 2.05) is 17.0 Å². The Kier molecular flexibility index (Phi) is 4.37. The van der Waals surface area contributed by atoms with E-state index in [1.165, 1.54) is 12.1 Å². The van der Waals surface area contributed by atoms with Crippen LogP contribution in [-0.4, -0.2) is 30.5 Å². The first kappa shape index (κ1) is 14.6. The molecule has 22 heavy (non-hydrogen) atoms. The fourth-order valence-corrected chi connectivity index (χ4v) is 2.33. The summed E-state index contributed by atoms with van der Waals surface area (Å²) in [6.07, 6.45) is 1.81. The molecule has 2 aromatic carbocycles. The number of carbonyl (C=O) groups excluding carboxylic acids is 1. The van der Waals surface area contributed by atoms with Crippen molar-refractivity contribution in [3.63, 3.8) is 0 Å². The summed E-state index contributed by atoms with van der Waals surface area (Å²) < 4.78 is 18.5. The maximum atomic E-state index is 12.8. The molecule has 1 aliphatic heterocycles. The second kappa shape index (κ2) is 6.60. The van der Waals surface area contributed by atoms with Crippen LogP contribution in [0.25, 0.3) is 0 Å². The minimum atomic E-state index is -0.230. The van der Waals surface area contributed by atoms with Crippen molar-refractivity contribution in [1.82, 2.24) is 4.90 Å². The van der Waals surface area contributed by atoms with Crippen LogP contribution in [0.5, 0.6) is 5.75 Å². The van der Waals surface area contributed by atoms with Crippen LogP contribution in [0.4, 0.5) is 4.39 Å². The number of amides is 1. The highest BCUT2D eigenvalue weighted by Crippen LogP contribution is 2.17. The first-order valence-electron chi connectivity index (χ1n) is 7.49. The zero-order valence-corrected chi connectivity index (χ0v) is 12.3. The number of rotatable bonds is 5. The lowest BCUT2D eigenvalue weighted by molar-refractivity contribution is 0.0652. The Morgan fingerprint density at radius 2 is 1.73 bits per heavy atom. The maximum absolute atomic E-state index is 12.8. The molecule has 1 saturated heterocycles. The van der Waals surface area contributed by atoms with E-state index in [1.54, 1.807) is 24.3 Å².